The van der Waals surface area contributed by atoms with E-state index in [9.17, 15) is 4.79 Å². The Morgan fingerprint density at radius 1 is 1.00 bits per heavy atom. The fourth-order valence-corrected chi connectivity index (χ4v) is 2.59. The Morgan fingerprint density at radius 2 is 1.78 bits per heavy atom. The number of ether oxygens (including phenoxy) is 3. The molecule has 2 aromatic carbocycles. The molecule has 140 valence electrons. The number of furan rings is 1. The van der Waals surface area contributed by atoms with Crippen molar-refractivity contribution in [2.45, 2.75) is 6.61 Å². The standard InChI is InChI=1S/C20H18ClNO5/c1-24-17-9-7-13(11-19(17)25-2)22-20(23)18-10-8-14(27-18)12-26-16-6-4-3-5-15(16)21/h3-11H,12H2,1-2H3,(H,22,23). The second-order valence-corrected chi connectivity index (χ2v) is 5.92. The van der Waals surface area contributed by atoms with E-state index in [0.717, 1.165) is 0 Å². The predicted octanol–water partition coefficient (Wildman–Crippen LogP) is 4.78. The summed E-state index contributed by atoms with van der Waals surface area (Å²) in [6, 6.07) is 15.5. The Balaban J connectivity index is 1.64. The minimum atomic E-state index is -0.383. The molecule has 1 amide bonds. The summed E-state index contributed by atoms with van der Waals surface area (Å²) in [6.45, 7) is 0.160. The van der Waals surface area contributed by atoms with Crippen LogP contribution in [0.3, 0.4) is 0 Å². The first-order valence-corrected chi connectivity index (χ1v) is 8.48. The molecular weight excluding hydrogens is 370 g/mol. The molecule has 0 fully saturated rings. The smallest absolute Gasteiger partial charge is 0.291 e. The van der Waals surface area contributed by atoms with Gasteiger partial charge in [0, 0.05) is 11.8 Å². The zero-order chi connectivity index (χ0) is 19.2. The highest BCUT2D eigenvalue weighted by atomic mass is 35.5. The van der Waals surface area contributed by atoms with Gasteiger partial charge in [0.05, 0.1) is 19.2 Å². The molecule has 1 aromatic heterocycles. The van der Waals surface area contributed by atoms with Gasteiger partial charge in [0.2, 0.25) is 0 Å². The van der Waals surface area contributed by atoms with Crippen molar-refractivity contribution >= 4 is 23.2 Å². The van der Waals surface area contributed by atoms with E-state index in [-0.39, 0.29) is 18.3 Å². The number of amides is 1. The van der Waals surface area contributed by atoms with E-state index in [2.05, 4.69) is 5.32 Å². The van der Waals surface area contributed by atoms with Crippen LogP contribution < -0.4 is 19.5 Å². The zero-order valence-electron chi connectivity index (χ0n) is 14.8. The molecule has 1 heterocycles. The predicted molar refractivity (Wildman–Crippen MR) is 102 cm³/mol. The molecule has 0 saturated heterocycles. The van der Waals surface area contributed by atoms with Gasteiger partial charge in [-0.1, -0.05) is 23.7 Å². The average molecular weight is 388 g/mol. The molecule has 27 heavy (non-hydrogen) atoms. The van der Waals surface area contributed by atoms with Crippen LogP contribution >= 0.6 is 11.6 Å². The molecule has 7 heteroatoms. The highest BCUT2D eigenvalue weighted by Crippen LogP contribution is 2.30. The van der Waals surface area contributed by atoms with E-state index in [1.54, 1.807) is 49.6 Å². The van der Waals surface area contributed by atoms with Gasteiger partial charge in [-0.25, -0.2) is 0 Å². The number of rotatable bonds is 7. The molecular formula is C20H18ClNO5. The molecule has 3 rings (SSSR count). The number of halogens is 1. The molecule has 3 aromatic rings. The molecule has 0 aliphatic rings. The van der Waals surface area contributed by atoms with E-state index in [0.29, 0.717) is 33.7 Å². The van der Waals surface area contributed by atoms with Crippen LogP contribution in [0.4, 0.5) is 5.69 Å². The van der Waals surface area contributed by atoms with Crippen LogP contribution in [0, 0.1) is 0 Å². The number of carbonyl (C=O) groups is 1. The molecule has 0 bridgehead atoms. The van der Waals surface area contributed by atoms with E-state index in [1.807, 2.05) is 12.1 Å². The second-order valence-electron chi connectivity index (χ2n) is 5.51. The van der Waals surface area contributed by atoms with Gasteiger partial charge < -0.3 is 23.9 Å². The molecule has 0 saturated carbocycles. The summed E-state index contributed by atoms with van der Waals surface area (Å²) in [7, 11) is 3.08. The number of hydrogen-bond donors (Lipinski definition) is 1. The van der Waals surface area contributed by atoms with E-state index < -0.39 is 0 Å². The van der Waals surface area contributed by atoms with Crippen molar-refractivity contribution in [1.82, 2.24) is 0 Å². The lowest BCUT2D eigenvalue weighted by Crippen LogP contribution is -2.11. The first-order chi connectivity index (χ1) is 13.1. The Labute approximate surface area is 161 Å². The van der Waals surface area contributed by atoms with Gasteiger partial charge >= 0.3 is 0 Å². The van der Waals surface area contributed by atoms with E-state index >= 15 is 0 Å². The third-order valence-electron chi connectivity index (χ3n) is 3.73. The number of nitrogens with one attached hydrogen (secondary N) is 1. The number of carbonyl (C=O) groups excluding carboxylic acids is 1. The van der Waals surface area contributed by atoms with Crippen LogP contribution in [0.5, 0.6) is 17.2 Å². The highest BCUT2D eigenvalue weighted by Gasteiger charge is 2.14. The first-order valence-electron chi connectivity index (χ1n) is 8.10. The second kappa shape index (κ2) is 8.51. The van der Waals surface area contributed by atoms with Gasteiger partial charge in [-0.3, -0.25) is 4.79 Å². The number of hydrogen-bond acceptors (Lipinski definition) is 5. The summed E-state index contributed by atoms with van der Waals surface area (Å²) in [6.07, 6.45) is 0. The lowest BCUT2D eigenvalue weighted by molar-refractivity contribution is 0.0992. The molecule has 6 nitrogen and oxygen atoms in total. The van der Waals surface area contributed by atoms with Crippen molar-refractivity contribution in [2.24, 2.45) is 0 Å². The van der Waals surface area contributed by atoms with Crippen LogP contribution in [0.2, 0.25) is 5.02 Å². The van der Waals surface area contributed by atoms with Crippen molar-refractivity contribution in [1.29, 1.82) is 0 Å². The molecule has 0 atom stereocenters. The average Bonchev–Trinajstić information content (AvgIpc) is 3.16. The molecule has 0 radical (unpaired) electrons. The Hall–Kier alpha value is -3.12. The van der Waals surface area contributed by atoms with Crippen LogP contribution in [-0.4, -0.2) is 20.1 Å². The topological polar surface area (TPSA) is 69.9 Å². The summed E-state index contributed by atoms with van der Waals surface area (Å²) in [5.74, 6) is 1.93. The van der Waals surface area contributed by atoms with Gasteiger partial charge in [-0.15, -0.1) is 0 Å². The summed E-state index contributed by atoms with van der Waals surface area (Å²) in [5.41, 5.74) is 0.558. The van der Waals surface area contributed by atoms with Crippen LogP contribution in [0.15, 0.2) is 59.0 Å². The number of methoxy groups -OCH3 is 2. The van der Waals surface area contributed by atoms with Gasteiger partial charge in [-0.2, -0.15) is 0 Å². The van der Waals surface area contributed by atoms with Crippen LogP contribution in [0.25, 0.3) is 0 Å². The molecule has 0 unspecified atom stereocenters. The van der Waals surface area contributed by atoms with Crippen molar-refractivity contribution in [3.8, 4) is 17.2 Å². The number of anilines is 1. The summed E-state index contributed by atoms with van der Waals surface area (Å²) in [5, 5.41) is 3.26. The van der Waals surface area contributed by atoms with Crippen molar-refractivity contribution in [2.75, 3.05) is 19.5 Å². The maximum Gasteiger partial charge on any atom is 0.291 e. The van der Waals surface area contributed by atoms with E-state index in [4.69, 9.17) is 30.2 Å². The first kappa shape index (κ1) is 18.7. The Bertz CT molecular complexity index is 938. The fraction of sp³-hybridized carbons (Fsp3) is 0.150. The van der Waals surface area contributed by atoms with Gasteiger partial charge in [0.25, 0.3) is 5.91 Å². The summed E-state index contributed by atoms with van der Waals surface area (Å²) in [4.78, 5) is 12.4. The minimum absolute atomic E-state index is 0.160. The van der Waals surface area contributed by atoms with Crippen molar-refractivity contribution in [3.05, 3.63) is 71.1 Å². The Morgan fingerprint density at radius 3 is 2.52 bits per heavy atom. The third-order valence-corrected chi connectivity index (χ3v) is 4.05. The minimum Gasteiger partial charge on any atom is -0.493 e. The molecule has 0 aliphatic heterocycles. The summed E-state index contributed by atoms with van der Waals surface area (Å²) < 4.78 is 21.5. The Kier molecular flexibility index (Phi) is 5.88. The maximum atomic E-state index is 12.4. The molecule has 0 aliphatic carbocycles. The van der Waals surface area contributed by atoms with Gasteiger partial charge in [0.15, 0.2) is 17.3 Å². The fourth-order valence-electron chi connectivity index (χ4n) is 2.39. The van der Waals surface area contributed by atoms with Crippen LogP contribution in [0.1, 0.15) is 16.3 Å². The monoisotopic (exact) mass is 387 g/mol. The SMILES string of the molecule is COc1ccc(NC(=O)c2ccc(COc3ccccc3Cl)o2)cc1OC. The lowest BCUT2D eigenvalue weighted by Gasteiger charge is -2.10. The van der Waals surface area contributed by atoms with E-state index in [1.165, 1.54) is 7.11 Å². The maximum absolute atomic E-state index is 12.4. The lowest BCUT2D eigenvalue weighted by atomic mass is 10.2. The third kappa shape index (κ3) is 4.54. The molecule has 1 N–H and O–H groups in total. The number of benzene rings is 2. The van der Waals surface area contributed by atoms with Crippen LogP contribution in [-0.2, 0) is 6.61 Å². The normalized spacial score (nSPS) is 10.3. The van der Waals surface area contributed by atoms with Crippen molar-refractivity contribution in [3.63, 3.8) is 0 Å². The largest absolute Gasteiger partial charge is 0.493 e. The highest BCUT2D eigenvalue weighted by molar-refractivity contribution is 6.32. The van der Waals surface area contributed by atoms with Gasteiger partial charge in [0.1, 0.15) is 18.1 Å². The summed E-state index contributed by atoms with van der Waals surface area (Å²) >= 11 is 6.04. The molecule has 0 spiro atoms. The quantitative estimate of drug-likeness (QED) is 0.631. The zero-order valence-corrected chi connectivity index (χ0v) is 15.6. The number of para-hydroxylation sites is 1. The van der Waals surface area contributed by atoms with Gasteiger partial charge in [-0.05, 0) is 36.4 Å². The van der Waals surface area contributed by atoms with Crippen molar-refractivity contribution < 1.29 is 23.4 Å².